The van der Waals surface area contributed by atoms with Gasteiger partial charge in [-0.15, -0.1) is 0 Å². The van der Waals surface area contributed by atoms with Crippen LogP contribution >= 0.6 is 11.6 Å². The molecular weight excluding hydrogens is 430 g/mol. The number of ether oxygens (including phenoxy) is 2. The van der Waals surface area contributed by atoms with Crippen LogP contribution < -0.4 is 20.3 Å². The Labute approximate surface area is 189 Å². The monoisotopic (exact) mass is 449 g/mol. The van der Waals surface area contributed by atoms with Crippen molar-refractivity contribution < 1.29 is 14.3 Å². The van der Waals surface area contributed by atoms with Crippen molar-refractivity contribution in [1.82, 2.24) is 9.55 Å². The maximum absolute atomic E-state index is 13.3. The number of nitrogens with zero attached hydrogens (tertiary/aromatic N) is 2. The molecule has 2 heterocycles. The summed E-state index contributed by atoms with van der Waals surface area (Å²) in [6.07, 6.45) is 1.61. The van der Waals surface area contributed by atoms with Crippen LogP contribution in [0.15, 0.2) is 71.7 Å². The molecule has 1 N–H and O–H groups in total. The fourth-order valence-electron chi connectivity index (χ4n) is 3.39. The Kier molecular flexibility index (Phi) is 6.09. The summed E-state index contributed by atoms with van der Waals surface area (Å²) in [5.41, 5.74) is 1.28. The summed E-state index contributed by atoms with van der Waals surface area (Å²) < 4.78 is 12.0. The molecule has 0 radical (unpaired) electrons. The lowest BCUT2D eigenvalue weighted by Crippen LogP contribution is -2.30. The van der Waals surface area contributed by atoms with Crippen molar-refractivity contribution in [1.29, 1.82) is 0 Å². The molecule has 162 valence electrons. The van der Waals surface area contributed by atoms with E-state index in [0.717, 1.165) is 5.56 Å². The second kappa shape index (κ2) is 9.11. The molecule has 0 saturated heterocycles. The number of methoxy groups -OCH3 is 2. The van der Waals surface area contributed by atoms with Crippen LogP contribution in [0.1, 0.15) is 15.9 Å². The number of carbonyl (C=O) groups is 1. The van der Waals surface area contributed by atoms with E-state index in [1.807, 2.05) is 18.2 Å². The third-order valence-corrected chi connectivity index (χ3v) is 5.25. The lowest BCUT2D eigenvalue weighted by atomic mass is 10.1. The fraction of sp³-hybridized carbons (Fsp3) is 0.125. The quantitative estimate of drug-likeness (QED) is 0.472. The smallest absolute Gasteiger partial charge is 0.265 e. The highest BCUT2D eigenvalue weighted by Crippen LogP contribution is 2.29. The van der Waals surface area contributed by atoms with E-state index < -0.39 is 11.5 Å². The summed E-state index contributed by atoms with van der Waals surface area (Å²) in [5, 5.41) is 4.03. The first kappa shape index (κ1) is 21.4. The van der Waals surface area contributed by atoms with Gasteiger partial charge in [-0.1, -0.05) is 23.7 Å². The average Bonchev–Trinajstić information content (AvgIpc) is 2.81. The molecule has 2 aromatic heterocycles. The van der Waals surface area contributed by atoms with Gasteiger partial charge in [0.1, 0.15) is 22.7 Å². The van der Waals surface area contributed by atoms with Crippen molar-refractivity contribution in [3.63, 3.8) is 0 Å². The standard InChI is InChI=1S/C24H20ClN3O4/c1-31-18-9-10-21(32-2)20(13-18)27-23(29)19-12-16-4-3-11-26-22(16)28(24(19)30)14-15-5-7-17(25)8-6-15/h3-13H,14H2,1-2H3,(H,27,29). The molecule has 0 unspecified atom stereocenters. The predicted octanol–water partition coefficient (Wildman–Crippen LogP) is 4.37. The Morgan fingerprint density at radius 3 is 2.56 bits per heavy atom. The van der Waals surface area contributed by atoms with Crippen molar-refractivity contribution >= 4 is 34.2 Å². The number of fused-ring (bicyclic) bond motifs is 1. The van der Waals surface area contributed by atoms with E-state index in [1.54, 1.807) is 48.7 Å². The van der Waals surface area contributed by atoms with Gasteiger partial charge in [0.05, 0.1) is 26.5 Å². The van der Waals surface area contributed by atoms with Crippen LogP contribution in [-0.2, 0) is 6.54 Å². The number of nitrogens with one attached hydrogen (secondary N) is 1. The number of halogens is 1. The minimum Gasteiger partial charge on any atom is -0.497 e. The first-order chi connectivity index (χ1) is 15.5. The zero-order valence-electron chi connectivity index (χ0n) is 17.5. The van der Waals surface area contributed by atoms with E-state index in [4.69, 9.17) is 21.1 Å². The molecule has 0 aliphatic carbocycles. The average molecular weight is 450 g/mol. The van der Waals surface area contributed by atoms with Crippen LogP contribution in [0.25, 0.3) is 11.0 Å². The van der Waals surface area contributed by atoms with Gasteiger partial charge in [-0.2, -0.15) is 0 Å². The molecule has 8 heteroatoms. The van der Waals surface area contributed by atoms with Gasteiger partial charge in [0.15, 0.2) is 0 Å². The second-order valence-electron chi connectivity index (χ2n) is 7.01. The molecule has 7 nitrogen and oxygen atoms in total. The number of benzene rings is 2. The SMILES string of the molecule is COc1ccc(OC)c(NC(=O)c2cc3cccnc3n(Cc3ccc(Cl)cc3)c2=O)c1. The minimum absolute atomic E-state index is 0.00987. The Bertz CT molecular complexity index is 1350. The summed E-state index contributed by atoms with van der Waals surface area (Å²) >= 11 is 5.98. The molecule has 1 amide bonds. The van der Waals surface area contributed by atoms with Crippen molar-refractivity contribution in [2.24, 2.45) is 0 Å². The van der Waals surface area contributed by atoms with Gasteiger partial charge in [0, 0.05) is 22.7 Å². The van der Waals surface area contributed by atoms with Gasteiger partial charge in [-0.25, -0.2) is 4.98 Å². The van der Waals surface area contributed by atoms with E-state index in [2.05, 4.69) is 10.3 Å². The van der Waals surface area contributed by atoms with E-state index in [0.29, 0.717) is 33.2 Å². The van der Waals surface area contributed by atoms with Crippen LogP contribution in [-0.4, -0.2) is 29.7 Å². The van der Waals surface area contributed by atoms with Gasteiger partial charge in [0.25, 0.3) is 11.5 Å². The number of aromatic nitrogens is 2. The summed E-state index contributed by atoms with van der Waals surface area (Å²) in [5.74, 6) is 0.434. The van der Waals surface area contributed by atoms with Crippen LogP contribution in [0.4, 0.5) is 5.69 Å². The number of hydrogen-bond donors (Lipinski definition) is 1. The number of carbonyl (C=O) groups excluding carboxylic acids is 1. The van der Waals surface area contributed by atoms with Gasteiger partial charge < -0.3 is 14.8 Å². The van der Waals surface area contributed by atoms with E-state index >= 15 is 0 Å². The minimum atomic E-state index is -0.558. The maximum Gasteiger partial charge on any atom is 0.265 e. The summed E-state index contributed by atoms with van der Waals surface area (Å²) in [6, 6.07) is 17.3. The van der Waals surface area contributed by atoms with Gasteiger partial charge in [-0.3, -0.25) is 14.2 Å². The molecular formula is C24H20ClN3O4. The molecule has 4 rings (SSSR count). The molecule has 0 aliphatic heterocycles. The Hall–Kier alpha value is -3.84. The third-order valence-electron chi connectivity index (χ3n) is 5.00. The Morgan fingerprint density at radius 1 is 1.06 bits per heavy atom. The molecule has 0 spiro atoms. The zero-order valence-corrected chi connectivity index (χ0v) is 18.2. The number of pyridine rings is 2. The van der Waals surface area contributed by atoms with Gasteiger partial charge in [-0.05, 0) is 48.0 Å². The molecule has 0 aliphatic rings. The first-order valence-electron chi connectivity index (χ1n) is 9.76. The number of amides is 1. The number of anilines is 1. The van der Waals surface area contributed by atoms with Crippen molar-refractivity contribution in [3.8, 4) is 11.5 Å². The van der Waals surface area contributed by atoms with Crippen molar-refractivity contribution in [2.45, 2.75) is 6.54 Å². The molecule has 2 aromatic carbocycles. The van der Waals surface area contributed by atoms with Crippen molar-refractivity contribution in [2.75, 3.05) is 19.5 Å². The molecule has 0 atom stereocenters. The number of hydrogen-bond acceptors (Lipinski definition) is 5. The van der Waals surface area contributed by atoms with E-state index in [-0.39, 0.29) is 12.1 Å². The first-order valence-corrected chi connectivity index (χ1v) is 10.1. The highest BCUT2D eigenvalue weighted by atomic mass is 35.5. The van der Waals surface area contributed by atoms with Crippen LogP contribution in [0.5, 0.6) is 11.5 Å². The van der Waals surface area contributed by atoms with E-state index in [1.165, 1.54) is 18.8 Å². The highest BCUT2D eigenvalue weighted by Gasteiger charge is 2.18. The van der Waals surface area contributed by atoms with Crippen molar-refractivity contribution in [3.05, 3.63) is 93.4 Å². The van der Waals surface area contributed by atoms with Gasteiger partial charge in [0.2, 0.25) is 0 Å². The summed E-state index contributed by atoms with van der Waals surface area (Å²) in [6.45, 7) is 0.243. The molecule has 0 fully saturated rings. The molecule has 4 aromatic rings. The zero-order chi connectivity index (χ0) is 22.7. The molecule has 32 heavy (non-hydrogen) atoms. The third kappa shape index (κ3) is 4.29. The molecule has 0 bridgehead atoms. The fourth-order valence-corrected chi connectivity index (χ4v) is 3.52. The van der Waals surface area contributed by atoms with Crippen LogP contribution in [0.3, 0.4) is 0 Å². The van der Waals surface area contributed by atoms with E-state index in [9.17, 15) is 9.59 Å². The Balaban J connectivity index is 1.78. The van der Waals surface area contributed by atoms with Crippen LogP contribution in [0.2, 0.25) is 5.02 Å². The van der Waals surface area contributed by atoms with Crippen LogP contribution in [0, 0.1) is 0 Å². The maximum atomic E-state index is 13.3. The highest BCUT2D eigenvalue weighted by molar-refractivity contribution is 6.30. The normalized spacial score (nSPS) is 10.7. The summed E-state index contributed by atoms with van der Waals surface area (Å²) in [7, 11) is 3.03. The van der Waals surface area contributed by atoms with Gasteiger partial charge >= 0.3 is 0 Å². The summed E-state index contributed by atoms with van der Waals surface area (Å²) in [4.78, 5) is 30.8. The number of rotatable bonds is 6. The second-order valence-corrected chi connectivity index (χ2v) is 7.45. The Morgan fingerprint density at radius 2 is 1.84 bits per heavy atom. The topological polar surface area (TPSA) is 82.4 Å². The lowest BCUT2D eigenvalue weighted by Gasteiger charge is -2.14. The lowest BCUT2D eigenvalue weighted by molar-refractivity contribution is 0.102. The largest absolute Gasteiger partial charge is 0.497 e. The molecule has 0 saturated carbocycles. The predicted molar refractivity (Wildman–Crippen MR) is 124 cm³/mol.